The molecule has 1 aliphatic rings. The zero-order chi connectivity index (χ0) is 10.9. The lowest BCUT2D eigenvalue weighted by atomic mass is 10.1. The Morgan fingerprint density at radius 1 is 1.50 bits per heavy atom. The molecule has 0 aromatic heterocycles. The normalized spacial score (nSPS) is 22.8. The van der Waals surface area contributed by atoms with Crippen molar-refractivity contribution < 1.29 is 27.6 Å². The molecule has 7 heteroatoms. The van der Waals surface area contributed by atoms with Gasteiger partial charge >= 0.3 is 0 Å². The van der Waals surface area contributed by atoms with Crippen LogP contribution in [0.2, 0.25) is 0 Å². The highest BCUT2D eigenvalue weighted by Crippen LogP contribution is 2.21. The third-order valence-electron chi connectivity index (χ3n) is 1.61. The number of methoxy groups -OCH3 is 1. The molecule has 2 N–H and O–H groups in total. The quantitative estimate of drug-likeness (QED) is 0.593. The van der Waals surface area contributed by atoms with Crippen LogP contribution in [0.1, 0.15) is 0 Å². The fourth-order valence-electron chi connectivity index (χ4n) is 0.964. The van der Waals surface area contributed by atoms with E-state index in [1.807, 2.05) is 0 Å². The Bertz CT molecular complexity index is 415. The Labute approximate surface area is 80.2 Å². The number of carbonyl (C=O) groups excluding carboxylic acids is 1. The van der Waals surface area contributed by atoms with Crippen LogP contribution in [-0.4, -0.2) is 37.1 Å². The van der Waals surface area contributed by atoms with Gasteiger partial charge in [-0.1, -0.05) is 0 Å². The molecule has 1 rings (SSSR count). The zero-order valence-electron chi connectivity index (χ0n) is 7.17. The predicted molar refractivity (Wildman–Crippen MR) is 45.7 cm³/mol. The topological polar surface area (TPSA) is 101 Å². The van der Waals surface area contributed by atoms with E-state index >= 15 is 0 Å². The summed E-state index contributed by atoms with van der Waals surface area (Å²) < 4.78 is 34.8. The molecule has 0 aliphatic heterocycles. The SMILES string of the molecule is COC1=CC(O)C(=O)C=C1S(=O)(=O)O. The van der Waals surface area contributed by atoms with E-state index in [0.717, 1.165) is 13.2 Å². The summed E-state index contributed by atoms with van der Waals surface area (Å²) in [6.45, 7) is 0. The van der Waals surface area contributed by atoms with Gasteiger partial charge in [0, 0.05) is 6.08 Å². The number of carbonyl (C=O) groups is 1. The predicted octanol–water partition coefficient (Wildman–Crippen LogP) is -0.768. The Kier molecular flexibility index (Phi) is 2.74. The minimum atomic E-state index is -4.51. The molecule has 0 amide bonds. The highest BCUT2D eigenvalue weighted by molar-refractivity contribution is 7.90. The Morgan fingerprint density at radius 3 is 2.50 bits per heavy atom. The number of aliphatic hydroxyl groups is 1. The van der Waals surface area contributed by atoms with Gasteiger partial charge in [-0.15, -0.1) is 0 Å². The molecule has 0 fully saturated rings. The first-order valence-corrected chi connectivity index (χ1v) is 4.97. The van der Waals surface area contributed by atoms with Gasteiger partial charge in [0.25, 0.3) is 10.1 Å². The maximum atomic E-state index is 10.9. The van der Waals surface area contributed by atoms with Crippen LogP contribution in [0.15, 0.2) is 22.8 Å². The van der Waals surface area contributed by atoms with Crippen molar-refractivity contribution in [3.05, 3.63) is 22.8 Å². The summed E-state index contributed by atoms with van der Waals surface area (Å²) in [5.74, 6) is -1.07. The molecule has 0 saturated heterocycles. The van der Waals surface area contributed by atoms with E-state index in [1.165, 1.54) is 0 Å². The molecule has 0 bridgehead atoms. The minimum Gasteiger partial charge on any atom is -0.496 e. The van der Waals surface area contributed by atoms with Crippen LogP contribution in [-0.2, 0) is 19.6 Å². The summed E-state index contributed by atoms with van der Waals surface area (Å²) in [5, 5.41) is 9.04. The van der Waals surface area contributed by atoms with Gasteiger partial charge in [0.1, 0.15) is 16.8 Å². The van der Waals surface area contributed by atoms with Gasteiger partial charge in [-0.25, -0.2) is 0 Å². The fourth-order valence-corrected chi connectivity index (χ4v) is 1.63. The second-order valence-corrected chi connectivity index (χ2v) is 3.96. The largest absolute Gasteiger partial charge is 0.496 e. The van der Waals surface area contributed by atoms with Gasteiger partial charge in [-0.2, -0.15) is 8.42 Å². The first kappa shape index (κ1) is 10.9. The molecule has 0 saturated carbocycles. The summed E-state index contributed by atoms with van der Waals surface area (Å²) in [4.78, 5) is 10.3. The summed E-state index contributed by atoms with van der Waals surface area (Å²) in [6.07, 6.45) is 0.0972. The number of hydrogen-bond donors (Lipinski definition) is 2. The third kappa shape index (κ3) is 2.00. The molecule has 0 aromatic carbocycles. The first-order chi connectivity index (χ1) is 6.36. The van der Waals surface area contributed by atoms with E-state index in [0.29, 0.717) is 6.08 Å². The molecule has 0 radical (unpaired) electrons. The second kappa shape index (κ2) is 3.52. The van der Waals surface area contributed by atoms with Crippen LogP contribution in [0.5, 0.6) is 0 Å². The smallest absolute Gasteiger partial charge is 0.298 e. The van der Waals surface area contributed by atoms with Crippen molar-refractivity contribution in [2.24, 2.45) is 0 Å². The van der Waals surface area contributed by atoms with Crippen molar-refractivity contribution in [2.45, 2.75) is 6.10 Å². The number of hydrogen-bond acceptors (Lipinski definition) is 5. The Balaban J connectivity index is 3.24. The third-order valence-corrected chi connectivity index (χ3v) is 2.49. The van der Waals surface area contributed by atoms with Crippen LogP contribution < -0.4 is 0 Å². The lowest BCUT2D eigenvalue weighted by Crippen LogP contribution is -2.23. The molecule has 1 atom stereocenters. The second-order valence-electron chi connectivity index (χ2n) is 2.57. The lowest BCUT2D eigenvalue weighted by Gasteiger charge is -2.14. The molecule has 78 valence electrons. The van der Waals surface area contributed by atoms with E-state index in [-0.39, 0.29) is 5.76 Å². The van der Waals surface area contributed by atoms with Gasteiger partial charge in [-0.05, 0) is 6.08 Å². The molecule has 1 unspecified atom stereocenters. The van der Waals surface area contributed by atoms with Crippen molar-refractivity contribution in [3.8, 4) is 0 Å². The fraction of sp³-hybridized carbons (Fsp3) is 0.286. The van der Waals surface area contributed by atoms with Crippen molar-refractivity contribution in [3.63, 3.8) is 0 Å². The van der Waals surface area contributed by atoms with Crippen LogP contribution in [0.25, 0.3) is 0 Å². The molecule has 0 heterocycles. The number of rotatable bonds is 2. The monoisotopic (exact) mass is 220 g/mol. The zero-order valence-corrected chi connectivity index (χ0v) is 7.98. The van der Waals surface area contributed by atoms with Crippen molar-refractivity contribution in [1.82, 2.24) is 0 Å². The summed E-state index contributed by atoms with van der Waals surface area (Å²) in [6, 6.07) is 0. The van der Waals surface area contributed by atoms with Crippen LogP contribution in [0.3, 0.4) is 0 Å². The molecular weight excluding hydrogens is 212 g/mol. The maximum absolute atomic E-state index is 10.9. The number of ether oxygens (including phenoxy) is 1. The highest BCUT2D eigenvalue weighted by atomic mass is 32.2. The molecule has 0 aromatic rings. The summed E-state index contributed by atoms with van der Waals surface area (Å²) in [5.41, 5.74) is 0. The average molecular weight is 220 g/mol. The van der Waals surface area contributed by atoms with Gasteiger partial charge in [0.05, 0.1) is 7.11 Å². The summed E-state index contributed by atoms with van der Waals surface area (Å²) >= 11 is 0. The molecule has 0 spiro atoms. The lowest BCUT2D eigenvalue weighted by molar-refractivity contribution is -0.120. The molecule has 14 heavy (non-hydrogen) atoms. The molecular formula is C7H8O6S. The van der Waals surface area contributed by atoms with E-state index in [2.05, 4.69) is 4.74 Å². The summed E-state index contributed by atoms with van der Waals surface area (Å²) in [7, 11) is -3.35. The highest BCUT2D eigenvalue weighted by Gasteiger charge is 2.28. The van der Waals surface area contributed by atoms with Gasteiger partial charge < -0.3 is 9.84 Å². The molecule has 6 nitrogen and oxygen atoms in total. The maximum Gasteiger partial charge on any atom is 0.298 e. The average Bonchev–Trinajstić information content (AvgIpc) is 2.07. The van der Waals surface area contributed by atoms with Gasteiger partial charge in [0.15, 0.2) is 5.78 Å². The van der Waals surface area contributed by atoms with E-state index < -0.39 is 26.9 Å². The van der Waals surface area contributed by atoms with Crippen LogP contribution in [0, 0.1) is 0 Å². The Hall–Kier alpha value is -1.18. The minimum absolute atomic E-state index is 0.250. The van der Waals surface area contributed by atoms with Gasteiger partial charge in [-0.3, -0.25) is 9.35 Å². The van der Waals surface area contributed by atoms with Crippen LogP contribution >= 0.6 is 0 Å². The van der Waals surface area contributed by atoms with Crippen LogP contribution in [0.4, 0.5) is 0 Å². The Morgan fingerprint density at radius 2 is 2.07 bits per heavy atom. The van der Waals surface area contributed by atoms with Crippen molar-refractivity contribution in [2.75, 3.05) is 7.11 Å². The number of aliphatic hydroxyl groups excluding tert-OH is 1. The van der Waals surface area contributed by atoms with E-state index in [4.69, 9.17) is 9.66 Å². The van der Waals surface area contributed by atoms with E-state index in [1.54, 1.807) is 0 Å². The van der Waals surface area contributed by atoms with E-state index in [9.17, 15) is 13.2 Å². The van der Waals surface area contributed by atoms with Crippen molar-refractivity contribution in [1.29, 1.82) is 0 Å². The van der Waals surface area contributed by atoms with Gasteiger partial charge in [0.2, 0.25) is 0 Å². The van der Waals surface area contributed by atoms with Crippen molar-refractivity contribution >= 4 is 15.9 Å². The standard InChI is InChI=1S/C7H8O6S/c1-13-6-2-4(8)5(9)3-7(6)14(10,11)12/h2-4,8H,1H3,(H,10,11,12). The first-order valence-electron chi connectivity index (χ1n) is 3.53. The number of ketones is 1. The molecule has 1 aliphatic carbocycles.